The average molecular weight is 353 g/mol. The van der Waals surface area contributed by atoms with Crippen LogP contribution in [0.25, 0.3) is 0 Å². The SMILES string of the molecule is CCN(CC)CCCN(c1ccccc1)[C@H]1Cc2ccccc2[C@@H]1OC. The fourth-order valence-corrected chi connectivity index (χ4v) is 4.21. The average Bonchev–Trinajstić information content (AvgIpc) is 3.07. The lowest BCUT2D eigenvalue weighted by Crippen LogP contribution is -2.41. The van der Waals surface area contributed by atoms with E-state index in [9.17, 15) is 0 Å². The quantitative estimate of drug-likeness (QED) is 0.659. The molecule has 2 aromatic carbocycles. The first-order valence-electron chi connectivity index (χ1n) is 9.93. The van der Waals surface area contributed by atoms with Crippen LogP contribution < -0.4 is 4.90 Å². The van der Waals surface area contributed by atoms with Crippen molar-refractivity contribution in [3.63, 3.8) is 0 Å². The molecule has 26 heavy (non-hydrogen) atoms. The molecule has 1 aliphatic rings. The second-order valence-corrected chi connectivity index (χ2v) is 7.04. The predicted octanol–water partition coefficient (Wildman–Crippen LogP) is 4.54. The smallest absolute Gasteiger partial charge is 0.103 e. The molecule has 3 rings (SSSR count). The maximum atomic E-state index is 5.97. The first-order valence-corrected chi connectivity index (χ1v) is 9.93. The Morgan fingerprint density at radius 2 is 1.62 bits per heavy atom. The van der Waals surface area contributed by atoms with Crippen molar-refractivity contribution < 1.29 is 4.74 Å². The monoisotopic (exact) mass is 352 g/mol. The summed E-state index contributed by atoms with van der Waals surface area (Å²) in [4.78, 5) is 5.07. The number of hydrogen-bond donors (Lipinski definition) is 0. The van der Waals surface area contributed by atoms with Gasteiger partial charge < -0.3 is 14.5 Å². The predicted molar refractivity (Wildman–Crippen MR) is 110 cm³/mol. The van der Waals surface area contributed by atoms with Crippen molar-refractivity contribution in [3.05, 3.63) is 65.7 Å². The minimum atomic E-state index is 0.139. The third-order valence-electron chi connectivity index (χ3n) is 5.65. The highest BCUT2D eigenvalue weighted by atomic mass is 16.5. The molecule has 0 saturated carbocycles. The zero-order valence-corrected chi connectivity index (χ0v) is 16.4. The Kier molecular flexibility index (Phi) is 6.70. The Hall–Kier alpha value is -1.84. The molecular weight excluding hydrogens is 320 g/mol. The Labute approximate surface area is 158 Å². The number of ether oxygens (including phenoxy) is 1. The number of anilines is 1. The molecule has 0 bridgehead atoms. The summed E-state index contributed by atoms with van der Waals surface area (Å²) in [6.07, 6.45) is 2.36. The van der Waals surface area contributed by atoms with Crippen molar-refractivity contribution in [1.29, 1.82) is 0 Å². The van der Waals surface area contributed by atoms with Crippen LogP contribution in [0.1, 0.15) is 37.5 Å². The molecule has 2 atom stereocenters. The highest BCUT2D eigenvalue weighted by Crippen LogP contribution is 2.38. The van der Waals surface area contributed by atoms with Gasteiger partial charge in [0.2, 0.25) is 0 Å². The van der Waals surface area contributed by atoms with Crippen molar-refractivity contribution in [2.24, 2.45) is 0 Å². The van der Waals surface area contributed by atoms with E-state index in [1.165, 1.54) is 23.2 Å². The largest absolute Gasteiger partial charge is 0.375 e. The van der Waals surface area contributed by atoms with Gasteiger partial charge >= 0.3 is 0 Å². The number of rotatable bonds is 9. The Balaban J connectivity index is 1.80. The van der Waals surface area contributed by atoms with Crippen LogP contribution in [0, 0.1) is 0 Å². The maximum absolute atomic E-state index is 5.97. The zero-order chi connectivity index (χ0) is 18.4. The maximum Gasteiger partial charge on any atom is 0.103 e. The van der Waals surface area contributed by atoms with E-state index in [-0.39, 0.29) is 6.10 Å². The number of fused-ring (bicyclic) bond motifs is 1. The number of para-hydroxylation sites is 1. The van der Waals surface area contributed by atoms with Crippen LogP contribution in [-0.2, 0) is 11.2 Å². The molecule has 0 radical (unpaired) electrons. The molecule has 1 aliphatic carbocycles. The highest BCUT2D eigenvalue weighted by molar-refractivity contribution is 5.50. The van der Waals surface area contributed by atoms with E-state index < -0.39 is 0 Å². The molecule has 0 unspecified atom stereocenters. The van der Waals surface area contributed by atoms with E-state index in [1.807, 2.05) is 7.11 Å². The number of benzene rings is 2. The molecule has 0 amide bonds. The normalized spacial score (nSPS) is 18.9. The van der Waals surface area contributed by atoms with Gasteiger partial charge in [-0.15, -0.1) is 0 Å². The molecule has 2 aromatic rings. The van der Waals surface area contributed by atoms with Crippen molar-refractivity contribution in [1.82, 2.24) is 4.90 Å². The molecule has 3 heteroatoms. The van der Waals surface area contributed by atoms with E-state index >= 15 is 0 Å². The minimum Gasteiger partial charge on any atom is -0.375 e. The Bertz CT molecular complexity index is 669. The van der Waals surface area contributed by atoms with E-state index in [1.54, 1.807) is 0 Å². The van der Waals surface area contributed by atoms with Crippen molar-refractivity contribution in [3.8, 4) is 0 Å². The van der Waals surface area contributed by atoms with Gasteiger partial charge in [-0.25, -0.2) is 0 Å². The van der Waals surface area contributed by atoms with Crippen LogP contribution in [0.15, 0.2) is 54.6 Å². The summed E-state index contributed by atoms with van der Waals surface area (Å²) in [5, 5.41) is 0. The van der Waals surface area contributed by atoms with Crippen LogP contribution in [0.2, 0.25) is 0 Å². The van der Waals surface area contributed by atoms with Gasteiger partial charge in [0.05, 0.1) is 6.04 Å². The van der Waals surface area contributed by atoms with Crippen LogP contribution >= 0.6 is 0 Å². The summed E-state index contributed by atoms with van der Waals surface area (Å²) < 4.78 is 5.97. The van der Waals surface area contributed by atoms with Crippen LogP contribution in [0.3, 0.4) is 0 Å². The number of nitrogens with zero attached hydrogens (tertiary/aromatic N) is 2. The van der Waals surface area contributed by atoms with E-state index in [0.717, 1.165) is 32.6 Å². The lowest BCUT2D eigenvalue weighted by Gasteiger charge is -2.35. The van der Waals surface area contributed by atoms with Crippen molar-refractivity contribution in [2.45, 2.75) is 38.8 Å². The van der Waals surface area contributed by atoms with E-state index in [4.69, 9.17) is 4.74 Å². The second-order valence-electron chi connectivity index (χ2n) is 7.04. The molecule has 3 nitrogen and oxygen atoms in total. The number of hydrogen-bond acceptors (Lipinski definition) is 3. The number of methoxy groups -OCH3 is 1. The topological polar surface area (TPSA) is 15.7 Å². The summed E-state index contributed by atoms with van der Waals surface area (Å²) in [7, 11) is 1.85. The van der Waals surface area contributed by atoms with Crippen LogP contribution in [-0.4, -0.2) is 44.2 Å². The van der Waals surface area contributed by atoms with Gasteiger partial charge in [0.15, 0.2) is 0 Å². The highest BCUT2D eigenvalue weighted by Gasteiger charge is 2.36. The van der Waals surface area contributed by atoms with Gasteiger partial charge in [-0.1, -0.05) is 56.3 Å². The summed E-state index contributed by atoms with van der Waals surface area (Å²) in [6.45, 7) is 8.93. The molecule has 0 spiro atoms. The molecule has 0 aromatic heterocycles. The van der Waals surface area contributed by atoms with Gasteiger partial charge in [-0.2, -0.15) is 0 Å². The van der Waals surface area contributed by atoms with Gasteiger partial charge in [0.25, 0.3) is 0 Å². The van der Waals surface area contributed by atoms with E-state index in [2.05, 4.69) is 78.2 Å². The molecular formula is C23H32N2O. The van der Waals surface area contributed by atoms with Crippen molar-refractivity contribution in [2.75, 3.05) is 38.2 Å². The Morgan fingerprint density at radius 1 is 0.923 bits per heavy atom. The lowest BCUT2D eigenvalue weighted by atomic mass is 10.1. The first-order chi connectivity index (χ1) is 12.8. The molecule has 0 N–H and O–H groups in total. The molecule has 0 saturated heterocycles. The van der Waals surface area contributed by atoms with Crippen LogP contribution in [0.4, 0.5) is 5.69 Å². The van der Waals surface area contributed by atoms with E-state index in [0.29, 0.717) is 6.04 Å². The molecule has 0 heterocycles. The van der Waals surface area contributed by atoms with Gasteiger partial charge in [-0.3, -0.25) is 0 Å². The molecule has 0 fully saturated rings. The van der Waals surface area contributed by atoms with Crippen molar-refractivity contribution >= 4 is 5.69 Å². The van der Waals surface area contributed by atoms with Gasteiger partial charge in [0.1, 0.15) is 6.10 Å². The summed E-state index contributed by atoms with van der Waals surface area (Å²) in [6, 6.07) is 19.9. The third kappa shape index (κ3) is 4.11. The summed E-state index contributed by atoms with van der Waals surface area (Å²) in [5.74, 6) is 0. The third-order valence-corrected chi connectivity index (χ3v) is 5.65. The first kappa shape index (κ1) is 18.9. The fraction of sp³-hybridized carbons (Fsp3) is 0.478. The fourth-order valence-electron chi connectivity index (χ4n) is 4.21. The Morgan fingerprint density at radius 3 is 2.31 bits per heavy atom. The summed E-state index contributed by atoms with van der Waals surface area (Å²) in [5.41, 5.74) is 4.07. The summed E-state index contributed by atoms with van der Waals surface area (Å²) >= 11 is 0. The van der Waals surface area contributed by atoms with Crippen LogP contribution in [0.5, 0.6) is 0 Å². The molecule has 0 aliphatic heterocycles. The second kappa shape index (κ2) is 9.20. The lowest BCUT2D eigenvalue weighted by molar-refractivity contribution is 0.0869. The molecule has 140 valence electrons. The van der Waals surface area contributed by atoms with Gasteiger partial charge in [-0.05, 0) is 55.7 Å². The van der Waals surface area contributed by atoms with Gasteiger partial charge in [0, 0.05) is 19.3 Å². The standard InChI is InChI=1S/C23H32N2O/c1-4-24(5-2)16-11-17-25(20-13-7-6-8-14-20)22-18-19-12-9-10-15-21(19)23(22)26-3/h6-10,12-15,22-23H,4-5,11,16-18H2,1-3H3/t22-,23-/m0/s1. The minimum absolute atomic E-state index is 0.139. The zero-order valence-electron chi connectivity index (χ0n) is 16.4.